The lowest BCUT2D eigenvalue weighted by molar-refractivity contribution is -0.122. The fourth-order valence-corrected chi connectivity index (χ4v) is 3.31. The fraction of sp³-hybridized carbons (Fsp3) is 0.611. The van der Waals surface area contributed by atoms with Crippen LogP contribution in [0.1, 0.15) is 57.4 Å². The average molecular weight is 288 g/mol. The number of rotatable bonds is 6. The second-order valence-corrected chi connectivity index (χ2v) is 6.27. The number of hydrogen-bond donors (Lipinski definition) is 2. The lowest BCUT2D eigenvalue weighted by Crippen LogP contribution is -2.37. The number of amides is 1. The first-order valence-electron chi connectivity index (χ1n) is 8.31. The van der Waals surface area contributed by atoms with Crippen LogP contribution in [0.2, 0.25) is 0 Å². The molecule has 116 valence electrons. The van der Waals surface area contributed by atoms with E-state index in [0.717, 1.165) is 36.4 Å². The molecule has 0 saturated heterocycles. The maximum atomic E-state index is 12.1. The van der Waals surface area contributed by atoms with Crippen molar-refractivity contribution in [2.45, 2.75) is 64.3 Å². The van der Waals surface area contributed by atoms with Gasteiger partial charge < -0.3 is 11.1 Å². The van der Waals surface area contributed by atoms with Crippen molar-refractivity contribution >= 4 is 11.6 Å². The van der Waals surface area contributed by atoms with Crippen LogP contribution in [0.5, 0.6) is 0 Å². The Labute approximate surface area is 128 Å². The lowest BCUT2D eigenvalue weighted by atomic mass is 9.83. The first kappa shape index (κ1) is 15.9. The molecule has 0 unspecified atom stereocenters. The van der Waals surface area contributed by atoms with E-state index >= 15 is 0 Å². The van der Waals surface area contributed by atoms with E-state index in [0.29, 0.717) is 12.5 Å². The van der Waals surface area contributed by atoms with Crippen LogP contribution in [-0.2, 0) is 11.2 Å². The predicted molar refractivity (Wildman–Crippen MR) is 88.0 cm³/mol. The summed E-state index contributed by atoms with van der Waals surface area (Å²) in [5.41, 5.74) is 7.75. The Balaban J connectivity index is 1.70. The number of nitrogens with one attached hydrogen (secondary N) is 1. The summed E-state index contributed by atoms with van der Waals surface area (Å²) in [7, 11) is 0. The third-order valence-corrected chi connectivity index (χ3v) is 4.59. The molecule has 0 spiro atoms. The third kappa shape index (κ3) is 5.07. The van der Waals surface area contributed by atoms with Gasteiger partial charge in [-0.3, -0.25) is 4.79 Å². The monoisotopic (exact) mass is 288 g/mol. The SMILES string of the molecule is CCCC1CCC(NC(=O)CCc2ccccc2N)CC1. The highest BCUT2D eigenvalue weighted by Gasteiger charge is 2.21. The maximum absolute atomic E-state index is 12.1. The van der Waals surface area contributed by atoms with Crippen LogP contribution in [0.3, 0.4) is 0 Å². The van der Waals surface area contributed by atoms with Crippen LogP contribution in [0, 0.1) is 5.92 Å². The van der Waals surface area contributed by atoms with Gasteiger partial charge in [-0.2, -0.15) is 0 Å². The maximum Gasteiger partial charge on any atom is 0.220 e. The number of anilines is 1. The topological polar surface area (TPSA) is 55.1 Å². The highest BCUT2D eigenvalue weighted by Crippen LogP contribution is 2.27. The first-order chi connectivity index (χ1) is 10.2. The van der Waals surface area contributed by atoms with E-state index in [9.17, 15) is 4.79 Å². The van der Waals surface area contributed by atoms with Gasteiger partial charge in [-0.05, 0) is 49.7 Å². The van der Waals surface area contributed by atoms with Crippen molar-refractivity contribution in [1.29, 1.82) is 0 Å². The van der Waals surface area contributed by atoms with Crippen molar-refractivity contribution in [3.05, 3.63) is 29.8 Å². The minimum absolute atomic E-state index is 0.164. The molecule has 1 amide bonds. The zero-order valence-electron chi connectivity index (χ0n) is 13.1. The highest BCUT2D eigenvalue weighted by atomic mass is 16.1. The average Bonchev–Trinajstić information content (AvgIpc) is 2.49. The molecule has 0 radical (unpaired) electrons. The second-order valence-electron chi connectivity index (χ2n) is 6.27. The van der Waals surface area contributed by atoms with Gasteiger partial charge in [-0.1, -0.05) is 38.0 Å². The molecule has 2 rings (SSSR count). The Hall–Kier alpha value is -1.51. The van der Waals surface area contributed by atoms with Crippen molar-refractivity contribution in [3.8, 4) is 0 Å². The molecule has 1 saturated carbocycles. The molecule has 1 aromatic carbocycles. The van der Waals surface area contributed by atoms with Gasteiger partial charge >= 0.3 is 0 Å². The van der Waals surface area contributed by atoms with Gasteiger partial charge in [0, 0.05) is 18.2 Å². The summed E-state index contributed by atoms with van der Waals surface area (Å²) in [6, 6.07) is 8.17. The van der Waals surface area contributed by atoms with Crippen molar-refractivity contribution in [3.63, 3.8) is 0 Å². The molecule has 21 heavy (non-hydrogen) atoms. The highest BCUT2D eigenvalue weighted by molar-refractivity contribution is 5.76. The smallest absolute Gasteiger partial charge is 0.220 e. The number of carbonyl (C=O) groups excluding carboxylic acids is 1. The zero-order valence-corrected chi connectivity index (χ0v) is 13.1. The van der Waals surface area contributed by atoms with Gasteiger partial charge in [0.15, 0.2) is 0 Å². The van der Waals surface area contributed by atoms with Crippen LogP contribution in [0.25, 0.3) is 0 Å². The number of nitrogen functional groups attached to an aromatic ring is 1. The van der Waals surface area contributed by atoms with Crippen LogP contribution in [-0.4, -0.2) is 11.9 Å². The number of hydrogen-bond acceptors (Lipinski definition) is 2. The normalized spacial score (nSPS) is 22.0. The second kappa shape index (κ2) is 8.06. The van der Waals surface area contributed by atoms with Crippen molar-refractivity contribution in [1.82, 2.24) is 5.32 Å². The number of aryl methyl sites for hydroxylation is 1. The first-order valence-corrected chi connectivity index (χ1v) is 8.31. The summed E-state index contributed by atoms with van der Waals surface area (Å²) in [4.78, 5) is 12.1. The number of nitrogens with two attached hydrogens (primary N) is 1. The Morgan fingerprint density at radius 3 is 2.62 bits per heavy atom. The number of carbonyl (C=O) groups is 1. The van der Waals surface area contributed by atoms with E-state index in [-0.39, 0.29) is 5.91 Å². The van der Waals surface area contributed by atoms with Crippen LogP contribution in [0.15, 0.2) is 24.3 Å². The molecule has 0 aromatic heterocycles. The largest absolute Gasteiger partial charge is 0.399 e. The van der Waals surface area contributed by atoms with Crippen molar-refractivity contribution < 1.29 is 4.79 Å². The summed E-state index contributed by atoms with van der Waals surface area (Å²) >= 11 is 0. The lowest BCUT2D eigenvalue weighted by Gasteiger charge is -2.29. The van der Waals surface area contributed by atoms with E-state index in [1.807, 2.05) is 24.3 Å². The summed E-state index contributed by atoms with van der Waals surface area (Å²) in [5.74, 6) is 1.05. The molecule has 0 atom stereocenters. The molecule has 0 aliphatic heterocycles. The van der Waals surface area contributed by atoms with Gasteiger partial charge in [-0.15, -0.1) is 0 Å². The molecule has 3 nitrogen and oxygen atoms in total. The zero-order chi connectivity index (χ0) is 15.1. The molecule has 1 aromatic rings. The summed E-state index contributed by atoms with van der Waals surface area (Å²) in [6.07, 6.45) is 8.70. The molecular weight excluding hydrogens is 260 g/mol. The Bertz CT molecular complexity index is 450. The van der Waals surface area contributed by atoms with Gasteiger partial charge in [0.2, 0.25) is 5.91 Å². The standard InChI is InChI=1S/C18H28N2O/c1-2-5-14-8-11-16(12-9-14)20-18(21)13-10-15-6-3-4-7-17(15)19/h3-4,6-7,14,16H,2,5,8-13,19H2,1H3,(H,20,21). The molecule has 1 fully saturated rings. The fourth-order valence-electron chi connectivity index (χ4n) is 3.31. The van der Waals surface area contributed by atoms with E-state index < -0.39 is 0 Å². The third-order valence-electron chi connectivity index (χ3n) is 4.59. The minimum atomic E-state index is 0.164. The van der Waals surface area contributed by atoms with Crippen molar-refractivity contribution in [2.24, 2.45) is 5.92 Å². The Kier molecular flexibility index (Phi) is 6.09. The molecule has 1 aliphatic rings. The quantitative estimate of drug-likeness (QED) is 0.785. The molecule has 3 heteroatoms. The van der Waals surface area contributed by atoms with Gasteiger partial charge in [0.05, 0.1) is 0 Å². The van der Waals surface area contributed by atoms with Gasteiger partial charge in [0.25, 0.3) is 0 Å². The van der Waals surface area contributed by atoms with E-state index in [2.05, 4.69) is 12.2 Å². The summed E-state index contributed by atoms with van der Waals surface area (Å²) < 4.78 is 0. The summed E-state index contributed by atoms with van der Waals surface area (Å²) in [5, 5.41) is 3.19. The molecule has 1 aliphatic carbocycles. The number of benzene rings is 1. The summed E-state index contributed by atoms with van der Waals surface area (Å²) in [6.45, 7) is 2.25. The minimum Gasteiger partial charge on any atom is -0.399 e. The molecule has 0 bridgehead atoms. The van der Waals surface area contributed by atoms with Gasteiger partial charge in [-0.25, -0.2) is 0 Å². The van der Waals surface area contributed by atoms with Crippen molar-refractivity contribution in [2.75, 3.05) is 5.73 Å². The van der Waals surface area contributed by atoms with Crippen LogP contribution < -0.4 is 11.1 Å². The van der Waals surface area contributed by atoms with Gasteiger partial charge in [0.1, 0.15) is 0 Å². The molecule has 0 heterocycles. The molecular formula is C18H28N2O. The van der Waals surface area contributed by atoms with E-state index in [4.69, 9.17) is 5.73 Å². The Morgan fingerprint density at radius 1 is 1.24 bits per heavy atom. The molecule has 3 N–H and O–H groups in total. The van der Waals surface area contributed by atoms with E-state index in [1.165, 1.54) is 25.7 Å². The Morgan fingerprint density at radius 2 is 1.95 bits per heavy atom. The van der Waals surface area contributed by atoms with Crippen LogP contribution >= 0.6 is 0 Å². The predicted octanol–water partition coefficient (Wildman–Crippen LogP) is 3.68. The van der Waals surface area contributed by atoms with E-state index in [1.54, 1.807) is 0 Å². The number of para-hydroxylation sites is 1. The van der Waals surface area contributed by atoms with Crippen LogP contribution in [0.4, 0.5) is 5.69 Å².